The fourth-order valence-corrected chi connectivity index (χ4v) is 5.02. The van der Waals surface area contributed by atoms with Crippen LogP contribution in [0, 0.1) is 0 Å². The molecule has 0 amide bonds. The van der Waals surface area contributed by atoms with Gasteiger partial charge in [-0.25, -0.2) is 0 Å². The number of aromatic nitrogens is 1. The largest absolute Gasteiger partial charge is 0.493 e. The Balaban J connectivity index is 1.56. The molecule has 0 spiro atoms. The summed E-state index contributed by atoms with van der Waals surface area (Å²) in [5.74, 6) is 1.53. The maximum absolute atomic E-state index is 5.60. The molecule has 1 aromatic heterocycles. The molecule has 2 fully saturated rings. The summed E-state index contributed by atoms with van der Waals surface area (Å²) in [4.78, 5) is 7.72. The summed E-state index contributed by atoms with van der Waals surface area (Å²) in [5.41, 5.74) is 5.00. The lowest BCUT2D eigenvalue weighted by Gasteiger charge is -2.35. The van der Waals surface area contributed by atoms with E-state index in [-0.39, 0.29) is 0 Å². The van der Waals surface area contributed by atoms with Gasteiger partial charge in [-0.1, -0.05) is 0 Å². The van der Waals surface area contributed by atoms with Crippen LogP contribution < -0.4 is 14.8 Å². The number of benzene rings is 1. The van der Waals surface area contributed by atoms with E-state index in [2.05, 4.69) is 16.3 Å². The molecule has 1 N–H and O–H groups in total. The molecular weight excluding hydrogens is 350 g/mol. The summed E-state index contributed by atoms with van der Waals surface area (Å²) in [6.45, 7) is 2.43. The minimum absolute atomic E-state index is 0.513. The van der Waals surface area contributed by atoms with Gasteiger partial charge in [0.1, 0.15) is 0 Å². The number of pyridine rings is 1. The number of methoxy groups -OCH3 is 2. The van der Waals surface area contributed by atoms with Crippen molar-refractivity contribution in [2.45, 2.75) is 63.5 Å². The molecule has 1 aromatic carbocycles. The van der Waals surface area contributed by atoms with Gasteiger partial charge >= 0.3 is 0 Å². The lowest BCUT2D eigenvalue weighted by molar-refractivity contribution is 0.207. The van der Waals surface area contributed by atoms with E-state index >= 15 is 0 Å². The summed E-state index contributed by atoms with van der Waals surface area (Å²) in [6.07, 6.45) is 9.99. The second-order valence-electron chi connectivity index (χ2n) is 8.55. The SMILES string of the molecule is COc1cc2nc3c(c(N[C@@H]4CCCN(C5CC5)C4)c2cc1OC)CCCC3. The standard InChI is InChI=1S/C23H31N3O2/c1-27-21-12-18-20(13-22(21)28-2)25-19-8-4-3-7-17(19)23(18)24-15-6-5-11-26(14-15)16-9-10-16/h12-13,15-16H,3-11,14H2,1-2H3,(H,24,25)/t15-/m1/s1. The third kappa shape index (κ3) is 3.30. The molecule has 2 aromatic rings. The smallest absolute Gasteiger partial charge is 0.162 e. The Labute approximate surface area is 167 Å². The predicted octanol–water partition coefficient (Wildman–Crippen LogP) is 4.17. The molecule has 1 atom stereocenters. The van der Waals surface area contributed by atoms with Crippen molar-refractivity contribution in [3.8, 4) is 11.5 Å². The van der Waals surface area contributed by atoms with Gasteiger partial charge < -0.3 is 14.8 Å². The first kappa shape index (κ1) is 18.0. The van der Waals surface area contributed by atoms with E-state index in [0.29, 0.717) is 6.04 Å². The molecule has 5 nitrogen and oxygen atoms in total. The number of nitrogens with zero attached hydrogens (tertiary/aromatic N) is 2. The van der Waals surface area contributed by atoms with Crippen molar-refractivity contribution in [2.75, 3.05) is 32.6 Å². The van der Waals surface area contributed by atoms with Crippen LogP contribution in [-0.4, -0.2) is 49.3 Å². The zero-order chi connectivity index (χ0) is 19.1. The van der Waals surface area contributed by atoms with Crippen LogP contribution in [0.4, 0.5) is 5.69 Å². The van der Waals surface area contributed by atoms with Gasteiger partial charge in [-0.15, -0.1) is 0 Å². The molecule has 28 heavy (non-hydrogen) atoms. The molecule has 1 saturated carbocycles. The summed E-state index contributed by atoms with van der Waals surface area (Å²) >= 11 is 0. The van der Waals surface area contributed by atoms with Gasteiger partial charge in [0.2, 0.25) is 0 Å². The Kier molecular flexibility index (Phi) is 4.79. The monoisotopic (exact) mass is 381 g/mol. The third-order valence-electron chi connectivity index (χ3n) is 6.63. The number of aryl methyl sites for hydroxylation is 1. The molecule has 0 unspecified atom stereocenters. The minimum atomic E-state index is 0.513. The molecule has 2 aliphatic carbocycles. The Morgan fingerprint density at radius 1 is 1.00 bits per heavy atom. The van der Waals surface area contributed by atoms with E-state index in [1.165, 1.54) is 67.4 Å². The molecule has 0 bridgehead atoms. The van der Waals surface area contributed by atoms with Gasteiger partial charge in [0, 0.05) is 41.5 Å². The number of anilines is 1. The summed E-state index contributed by atoms with van der Waals surface area (Å²) in [7, 11) is 3.40. The second kappa shape index (κ2) is 7.43. The van der Waals surface area contributed by atoms with E-state index in [1.807, 2.05) is 6.07 Å². The number of fused-ring (bicyclic) bond motifs is 2. The topological polar surface area (TPSA) is 46.6 Å². The maximum atomic E-state index is 5.60. The van der Waals surface area contributed by atoms with Crippen molar-refractivity contribution in [1.82, 2.24) is 9.88 Å². The van der Waals surface area contributed by atoms with Crippen LogP contribution in [0.2, 0.25) is 0 Å². The fourth-order valence-electron chi connectivity index (χ4n) is 5.02. The number of hydrogen-bond donors (Lipinski definition) is 1. The highest BCUT2D eigenvalue weighted by molar-refractivity contribution is 5.96. The van der Waals surface area contributed by atoms with Crippen molar-refractivity contribution in [3.63, 3.8) is 0 Å². The number of rotatable bonds is 5. The van der Waals surface area contributed by atoms with Crippen LogP contribution in [0.15, 0.2) is 12.1 Å². The summed E-state index contributed by atoms with van der Waals surface area (Å²) < 4.78 is 11.1. The number of ether oxygens (including phenoxy) is 2. The molecule has 5 rings (SSSR count). The number of likely N-dealkylation sites (tertiary alicyclic amines) is 1. The molecule has 1 aliphatic heterocycles. The molecule has 3 aliphatic rings. The maximum Gasteiger partial charge on any atom is 0.162 e. The predicted molar refractivity (Wildman–Crippen MR) is 113 cm³/mol. The second-order valence-corrected chi connectivity index (χ2v) is 8.55. The van der Waals surface area contributed by atoms with E-state index < -0.39 is 0 Å². The first-order chi connectivity index (χ1) is 13.8. The highest BCUT2D eigenvalue weighted by atomic mass is 16.5. The van der Waals surface area contributed by atoms with Gasteiger partial charge in [-0.3, -0.25) is 9.88 Å². The number of piperidine rings is 1. The van der Waals surface area contributed by atoms with E-state index in [1.54, 1.807) is 14.2 Å². The third-order valence-corrected chi connectivity index (χ3v) is 6.63. The average molecular weight is 382 g/mol. The van der Waals surface area contributed by atoms with Crippen LogP contribution in [0.1, 0.15) is 49.8 Å². The van der Waals surface area contributed by atoms with Crippen LogP contribution in [0.5, 0.6) is 11.5 Å². The number of hydrogen-bond acceptors (Lipinski definition) is 5. The quantitative estimate of drug-likeness (QED) is 0.842. The zero-order valence-corrected chi connectivity index (χ0v) is 17.1. The highest BCUT2D eigenvalue weighted by Gasteiger charge is 2.33. The van der Waals surface area contributed by atoms with Crippen molar-refractivity contribution in [1.29, 1.82) is 0 Å². The molecule has 150 valence electrons. The Hall–Kier alpha value is -2.01. The molecule has 5 heteroatoms. The van der Waals surface area contributed by atoms with E-state index in [9.17, 15) is 0 Å². The Morgan fingerprint density at radius 3 is 2.57 bits per heavy atom. The molecule has 1 saturated heterocycles. The molecule has 2 heterocycles. The lowest BCUT2D eigenvalue weighted by atomic mass is 9.92. The normalized spacial score (nSPS) is 22.7. The van der Waals surface area contributed by atoms with Crippen LogP contribution >= 0.6 is 0 Å². The number of nitrogens with one attached hydrogen (secondary N) is 1. The van der Waals surface area contributed by atoms with Crippen LogP contribution in [0.25, 0.3) is 10.9 Å². The van der Waals surface area contributed by atoms with Gasteiger partial charge in [0.05, 0.1) is 19.7 Å². The summed E-state index contributed by atoms with van der Waals surface area (Å²) in [5, 5.41) is 5.14. The van der Waals surface area contributed by atoms with Gasteiger partial charge in [-0.05, 0) is 69.5 Å². The Morgan fingerprint density at radius 2 is 1.79 bits per heavy atom. The lowest BCUT2D eigenvalue weighted by Crippen LogP contribution is -2.43. The van der Waals surface area contributed by atoms with Gasteiger partial charge in [0.25, 0.3) is 0 Å². The average Bonchev–Trinajstić information content (AvgIpc) is 3.58. The fraction of sp³-hybridized carbons (Fsp3) is 0.609. The van der Waals surface area contributed by atoms with Crippen LogP contribution in [0.3, 0.4) is 0 Å². The van der Waals surface area contributed by atoms with Crippen molar-refractivity contribution >= 4 is 16.6 Å². The zero-order valence-electron chi connectivity index (χ0n) is 17.1. The minimum Gasteiger partial charge on any atom is -0.493 e. The first-order valence-electron chi connectivity index (χ1n) is 10.8. The van der Waals surface area contributed by atoms with E-state index in [0.717, 1.165) is 42.4 Å². The molecular formula is C23H31N3O2. The van der Waals surface area contributed by atoms with Crippen molar-refractivity contribution < 1.29 is 9.47 Å². The highest BCUT2D eigenvalue weighted by Crippen LogP contribution is 2.40. The van der Waals surface area contributed by atoms with Gasteiger partial charge in [-0.2, -0.15) is 0 Å². The van der Waals surface area contributed by atoms with Crippen molar-refractivity contribution in [3.05, 3.63) is 23.4 Å². The summed E-state index contributed by atoms with van der Waals surface area (Å²) in [6, 6.07) is 5.50. The van der Waals surface area contributed by atoms with Crippen LogP contribution in [-0.2, 0) is 12.8 Å². The van der Waals surface area contributed by atoms with E-state index in [4.69, 9.17) is 14.5 Å². The first-order valence-corrected chi connectivity index (χ1v) is 10.8. The van der Waals surface area contributed by atoms with Crippen molar-refractivity contribution in [2.24, 2.45) is 0 Å². The van der Waals surface area contributed by atoms with Gasteiger partial charge in [0.15, 0.2) is 11.5 Å². The Bertz CT molecular complexity index is 873. The molecule has 0 radical (unpaired) electrons.